The first-order valence-electron chi connectivity index (χ1n) is 13.7. The van der Waals surface area contributed by atoms with E-state index < -0.39 is 47.8 Å². The topological polar surface area (TPSA) is 218 Å². The average Bonchev–Trinajstić information content (AvgIpc) is 2.96. The van der Waals surface area contributed by atoms with E-state index >= 15 is 0 Å². The molecule has 0 heterocycles. The standard InChI is InChI=1S/C29H42N8O4S/c1-42-16-14-23(35-26(39)21(30)17-19-9-4-2-5-10-19)28(41)36-22(13-8-15-34-29(32)33)27(40)37-24(25(31)38)18-20-11-6-3-7-12-20/h2-7,9-12,21-24H,8,13-18,30H2,1H3,(H2,31,38)(H,35,39)(H,36,41)(H,37,40)(H4,32,33,34). The lowest BCUT2D eigenvalue weighted by Crippen LogP contribution is -2.58. The van der Waals surface area contributed by atoms with Crippen LogP contribution >= 0.6 is 11.8 Å². The number of amides is 4. The van der Waals surface area contributed by atoms with Gasteiger partial charge in [0.25, 0.3) is 0 Å². The number of nitrogens with one attached hydrogen (secondary N) is 5. The lowest BCUT2D eigenvalue weighted by Gasteiger charge is -2.25. The molecule has 0 aliphatic rings. The van der Waals surface area contributed by atoms with Gasteiger partial charge in [-0.05, 0) is 48.8 Å². The summed E-state index contributed by atoms with van der Waals surface area (Å²) in [6.07, 6.45) is 3.22. The summed E-state index contributed by atoms with van der Waals surface area (Å²) in [6, 6.07) is 14.6. The molecule has 2 aromatic rings. The third kappa shape index (κ3) is 12.6. The van der Waals surface area contributed by atoms with Crippen molar-refractivity contribution < 1.29 is 19.2 Å². The molecule has 0 bridgehead atoms. The highest BCUT2D eigenvalue weighted by atomic mass is 32.2. The van der Waals surface area contributed by atoms with Gasteiger partial charge in [0.2, 0.25) is 23.6 Å². The Hall–Kier alpha value is -4.10. The van der Waals surface area contributed by atoms with Crippen molar-refractivity contribution in [1.29, 1.82) is 5.41 Å². The molecule has 4 atom stereocenters. The molecule has 0 fully saturated rings. The molecular formula is C29H42N8O4S. The van der Waals surface area contributed by atoms with E-state index in [-0.39, 0.29) is 18.8 Å². The number of rotatable bonds is 18. The van der Waals surface area contributed by atoms with Crippen molar-refractivity contribution >= 4 is 41.4 Å². The molecule has 0 saturated heterocycles. The monoisotopic (exact) mass is 598 g/mol. The molecular weight excluding hydrogens is 556 g/mol. The molecule has 228 valence electrons. The molecule has 0 aromatic heterocycles. The van der Waals surface area contributed by atoms with Crippen LogP contribution < -0.4 is 38.5 Å². The Morgan fingerprint density at radius 1 is 0.762 bits per heavy atom. The fourth-order valence-electron chi connectivity index (χ4n) is 4.16. The molecule has 0 spiro atoms. The minimum absolute atomic E-state index is 0.172. The number of carbonyl (C=O) groups excluding carboxylic acids is 4. The van der Waals surface area contributed by atoms with Crippen LogP contribution in [-0.4, -0.2) is 72.3 Å². The summed E-state index contributed by atoms with van der Waals surface area (Å²) in [5.41, 5.74) is 18.8. The Balaban J connectivity index is 2.14. The van der Waals surface area contributed by atoms with E-state index in [1.807, 2.05) is 66.9 Å². The zero-order valence-corrected chi connectivity index (χ0v) is 24.6. The highest BCUT2D eigenvalue weighted by Crippen LogP contribution is 2.08. The van der Waals surface area contributed by atoms with Crippen molar-refractivity contribution in [2.45, 2.75) is 56.3 Å². The molecule has 2 rings (SSSR count). The van der Waals surface area contributed by atoms with Gasteiger partial charge in [-0.15, -0.1) is 0 Å². The Kier molecular flexibility index (Phi) is 14.9. The van der Waals surface area contributed by atoms with E-state index in [2.05, 4.69) is 21.3 Å². The van der Waals surface area contributed by atoms with Crippen LogP contribution in [0.15, 0.2) is 60.7 Å². The molecule has 0 aliphatic heterocycles. The summed E-state index contributed by atoms with van der Waals surface area (Å²) in [5, 5.41) is 18.1. The normalized spacial score (nSPS) is 13.6. The number of hydrogen-bond donors (Lipinski definition) is 8. The van der Waals surface area contributed by atoms with E-state index in [1.54, 1.807) is 0 Å². The van der Waals surface area contributed by atoms with E-state index in [4.69, 9.17) is 22.6 Å². The average molecular weight is 599 g/mol. The van der Waals surface area contributed by atoms with Crippen molar-refractivity contribution in [3.8, 4) is 0 Å². The molecule has 4 amide bonds. The van der Waals surface area contributed by atoms with Crippen LogP contribution in [-0.2, 0) is 32.0 Å². The molecule has 0 saturated carbocycles. The third-order valence-corrected chi connectivity index (χ3v) is 7.08. The summed E-state index contributed by atoms with van der Waals surface area (Å²) < 4.78 is 0. The SMILES string of the molecule is CSCCC(NC(=O)C(N)Cc1ccccc1)C(=O)NC(CCCNC(=N)N)C(=O)NC(Cc1ccccc1)C(N)=O. The van der Waals surface area contributed by atoms with Gasteiger partial charge in [-0.25, -0.2) is 0 Å². The fraction of sp³-hybridized carbons (Fsp3) is 0.414. The van der Waals surface area contributed by atoms with Crippen molar-refractivity contribution in [3.05, 3.63) is 71.8 Å². The van der Waals surface area contributed by atoms with Crippen LogP contribution in [0.2, 0.25) is 0 Å². The molecule has 11 N–H and O–H groups in total. The predicted octanol–water partition coefficient (Wildman–Crippen LogP) is -0.245. The largest absolute Gasteiger partial charge is 0.370 e. The zero-order chi connectivity index (χ0) is 30.9. The van der Waals surface area contributed by atoms with Crippen LogP contribution in [0.3, 0.4) is 0 Å². The fourth-order valence-corrected chi connectivity index (χ4v) is 4.63. The van der Waals surface area contributed by atoms with Crippen LogP contribution in [0.4, 0.5) is 0 Å². The van der Waals surface area contributed by atoms with Gasteiger partial charge >= 0.3 is 0 Å². The van der Waals surface area contributed by atoms with Crippen molar-refractivity contribution in [2.24, 2.45) is 17.2 Å². The maximum Gasteiger partial charge on any atom is 0.243 e. The van der Waals surface area contributed by atoms with Gasteiger partial charge in [-0.2, -0.15) is 11.8 Å². The molecule has 42 heavy (non-hydrogen) atoms. The summed E-state index contributed by atoms with van der Waals surface area (Å²) in [7, 11) is 0. The van der Waals surface area contributed by atoms with Gasteiger partial charge in [0.15, 0.2) is 5.96 Å². The van der Waals surface area contributed by atoms with E-state index in [0.717, 1.165) is 11.1 Å². The number of nitrogens with two attached hydrogens (primary N) is 3. The minimum atomic E-state index is -1.05. The Morgan fingerprint density at radius 3 is 1.79 bits per heavy atom. The summed E-state index contributed by atoms with van der Waals surface area (Å²) in [5.74, 6) is -1.99. The third-order valence-electron chi connectivity index (χ3n) is 6.44. The van der Waals surface area contributed by atoms with Gasteiger partial charge in [0, 0.05) is 13.0 Å². The number of hydrogen-bond acceptors (Lipinski definition) is 7. The second-order valence-electron chi connectivity index (χ2n) is 9.84. The number of carbonyl (C=O) groups is 4. The quantitative estimate of drug-likeness (QED) is 0.0648. The molecule has 13 heteroatoms. The lowest BCUT2D eigenvalue weighted by molar-refractivity contribution is -0.133. The first-order chi connectivity index (χ1) is 20.1. The van der Waals surface area contributed by atoms with Crippen molar-refractivity contribution in [1.82, 2.24) is 21.3 Å². The number of thioether (sulfide) groups is 1. The Morgan fingerprint density at radius 2 is 1.26 bits per heavy atom. The smallest absolute Gasteiger partial charge is 0.243 e. The van der Waals surface area contributed by atoms with Crippen LogP contribution in [0.25, 0.3) is 0 Å². The highest BCUT2D eigenvalue weighted by Gasteiger charge is 2.30. The molecule has 12 nitrogen and oxygen atoms in total. The highest BCUT2D eigenvalue weighted by molar-refractivity contribution is 7.98. The van der Waals surface area contributed by atoms with Gasteiger partial charge in [0.05, 0.1) is 6.04 Å². The second-order valence-corrected chi connectivity index (χ2v) is 10.8. The van der Waals surface area contributed by atoms with Crippen molar-refractivity contribution in [2.75, 3.05) is 18.6 Å². The first kappa shape index (κ1) is 34.1. The summed E-state index contributed by atoms with van der Waals surface area (Å²) in [6.45, 7) is 0.291. The predicted molar refractivity (Wildman–Crippen MR) is 165 cm³/mol. The second kappa shape index (κ2) is 18.4. The zero-order valence-electron chi connectivity index (χ0n) is 23.8. The first-order valence-corrected chi connectivity index (χ1v) is 15.1. The summed E-state index contributed by atoms with van der Waals surface area (Å²) in [4.78, 5) is 51.9. The minimum Gasteiger partial charge on any atom is -0.370 e. The van der Waals surface area contributed by atoms with Crippen LogP contribution in [0, 0.1) is 5.41 Å². The Bertz CT molecular complexity index is 1170. The van der Waals surface area contributed by atoms with E-state index in [1.165, 1.54) is 11.8 Å². The van der Waals surface area contributed by atoms with Crippen molar-refractivity contribution in [3.63, 3.8) is 0 Å². The molecule has 0 aliphatic carbocycles. The maximum atomic E-state index is 13.4. The van der Waals surface area contributed by atoms with Gasteiger partial charge < -0.3 is 38.5 Å². The Labute approximate surface area is 250 Å². The molecule has 0 radical (unpaired) electrons. The van der Waals surface area contributed by atoms with Crippen LogP contribution in [0.1, 0.15) is 30.4 Å². The lowest BCUT2D eigenvalue weighted by atomic mass is 10.0. The maximum absolute atomic E-state index is 13.4. The van der Waals surface area contributed by atoms with E-state index in [0.29, 0.717) is 31.6 Å². The van der Waals surface area contributed by atoms with Crippen LogP contribution in [0.5, 0.6) is 0 Å². The van der Waals surface area contributed by atoms with E-state index in [9.17, 15) is 19.2 Å². The molecule has 2 aromatic carbocycles. The number of guanidine groups is 1. The summed E-state index contributed by atoms with van der Waals surface area (Å²) >= 11 is 1.51. The number of benzene rings is 2. The van der Waals surface area contributed by atoms with Gasteiger partial charge in [-0.1, -0.05) is 60.7 Å². The number of primary amides is 1. The van der Waals surface area contributed by atoms with Gasteiger partial charge in [-0.3, -0.25) is 24.6 Å². The molecule has 4 unspecified atom stereocenters. The van der Waals surface area contributed by atoms with Gasteiger partial charge in [0.1, 0.15) is 18.1 Å².